The minimum Gasteiger partial charge on any atom is -0.462 e. The van der Waals surface area contributed by atoms with Gasteiger partial charge in [-0.05, 0) is 128 Å². The fourth-order valence-corrected chi connectivity index (χ4v) is 8.15. The van der Waals surface area contributed by atoms with Gasteiger partial charge in [0.1, 0.15) is 13.2 Å². The molecule has 0 heterocycles. The van der Waals surface area contributed by atoms with Crippen LogP contribution in [-0.4, -0.2) is 37.2 Å². The molecule has 1 atom stereocenters. The lowest BCUT2D eigenvalue weighted by Crippen LogP contribution is -2.30. The van der Waals surface area contributed by atoms with Gasteiger partial charge in [0.05, 0.1) is 0 Å². The van der Waals surface area contributed by atoms with Crippen LogP contribution in [0.5, 0.6) is 0 Å². The molecule has 0 rings (SSSR count). The minimum atomic E-state index is -0.792. The SMILES string of the molecule is CC/C=C\C/C=C\C/C=C\C/C=C\C/C=C\C/C=C\C/C=C\C/C=C\C/C=C\C/C=C\CCCCCCC(=O)OCC(COC(=O)CCCCCCC)OC(=O)CCCCCCCCCCC/C=C\C/C=C\CCCCC. The van der Waals surface area contributed by atoms with Crippen molar-refractivity contribution < 1.29 is 28.6 Å². The highest BCUT2D eigenvalue weighted by Gasteiger charge is 2.19. The molecule has 0 N–H and O–H groups in total. The van der Waals surface area contributed by atoms with E-state index in [0.29, 0.717) is 19.3 Å². The predicted molar refractivity (Wildman–Crippen MR) is 334 cm³/mol. The van der Waals surface area contributed by atoms with Crippen molar-refractivity contribution in [1.82, 2.24) is 0 Å². The summed E-state index contributed by atoms with van der Waals surface area (Å²) in [7, 11) is 0. The molecule has 77 heavy (non-hydrogen) atoms. The van der Waals surface area contributed by atoms with Crippen LogP contribution in [0, 0.1) is 0 Å². The third-order valence-electron chi connectivity index (χ3n) is 12.8. The van der Waals surface area contributed by atoms with Gasteiger partial charge in [-0.2, -0.15) is 0 Å². The maximum Gasteiger partial charge on any atom is 0.306 e. The smallest absolute Gasteiger partial charge is 0.306 e. The van der Waals surface area contributed by atoms with Crippen molar-refractivity contribution in [3.8, 4) is 0 Å². The van der Waals surface area contributed by atoms with E-state index in [9.17, 15) is 14.4 Å². The molecule has 0 spiro atoms. The maximum atomic E-state index is 12.8. The average Bonchev–Trinajstić information content (AvgIpc) is 3.43. The van der Waals surface area contributed by atoms with Crippen molar-refractivity contribution in [3.63, 3.8) is 0 Å². The normalized spacial score (nSPS) is 13.1. The molecule has 0 aliphatic carbocycles. The number of carbonyl (C=O) groups is 3. The first-order chi connectivity index (χ1) is 38.0. The Morgan fingerprint density at radius 1 is 0.273 bits per heavy atom. The van der Waals surface area contributed by atoms with Crippen molar-refractivity contribution in [2.75, 3.05) is 13.2 Å². The minimum absolute atomic E-state index is 0.0921. The molecule has 0 aromatic heterocycles. The van der Waals surface area contributed by atoms with E-state index in [2.05, 4.69) is 167 Å². The standard InChI is InChI=1S/C71H114O6/c1-4-7-10-13-15-17-19-21-23-25-27-28-29-30-31-32-33-34-35-36-37-38-39-40-41-42-44-45-47-49-51-53-55-58-61-64-70(73)76-67-68(66-75-69(72)63-60-57-12-9-6-3)77-71(74)65-62-59-56-54-52-50-48-46-43-26-24-22-20-18-16-14-11-8-5-2/h7,10,15-18,21-24,27-28,30-31,33-34,36-37,39-40,42,44,47,49,68H,4-6,8-9,11-14,19-20,25-26,29,32,35,38,41,43,45-46,48,50-67H2,1-3H3/b10-7-,17-15-,18-16-,23-21-,24-22-,28-27-,31-30-,34-33-,37-36-,40-39-,44-42-,49-47-. The molecule has 6 nitrogen and oxygen atoms in total. The molecule has 0 aromatic carbocycles. The quantitative estimate of drug-likeness (QED) is 0.0261. The summed E-state index contributed by atoms with van der Waals surface area (Å²) in [5.41, 5.74) is 0. The zero-order valence-corrected chi connectivity index (χ0v) is 49.7. The van der Waals surface area contributed by atoms with Crippen molar-refractivity contribution >= 4 is 17.9 Å². The van der Waals surface area contributed by atoms with Crippen LogP contribution in [0.3, 0.4) is 0 Å². The molecule has 0 radical (unpaired) electrons. The highest BCUT2D eigenvalue weighted by atomic mass is 16.6. The average molecular weight is 1060 g/mol. The highest BCUT2D eigenvalue weighted by molar-refractivity contribution is 5.71. The molecular weight excluding hydrogens is 949 g/mol. The van der Waals surface area contributed by atoms with Gasteiger partial charge in [-0.15, -0.1) is 0 Å². The molecule has 0 saturated carbocycles. The Kier molecular flexibility index (Phi) is 59.9. The van der Waals surface area contributed by atoms with Crippen LogP contribution in [-0.2, 0) is 28.6 Å². The van der Waals surface area contributed by atoms with Crippen molar-refractivity contribution in [2.24, 2.45) is 0 Å². The van der Waals surface area contributed by atoms with Gasteiger partial charge in [-0.3, -0.25) is 14.4 Å². The summed E-state index contributed by atoms with van der Waals surface area (Å²) in [5.74, 6) is -0.940. The summed E-state index contributed by atoms with van der Waals surface area (Å²) in [6.45, 7) is 6.39. The molecule has 6 heteroatoms. The third-order valence-corrected chi connectivity index (χ3v) is 12.8. The lowest BCUT2D eigenvalue weighted by atomic mass is 10.1. The van der Waals surface area contributed by atoms with Crippen molar-refractivity contribution in [2.45, 2.75) is 271 Å². The second-order valence-electron chi connectivity index (χ2n) is 20.2. The summed E-state index contributed by atoms with van der Waals surface area (Å²) in [4.78, 5) is 37.9. The van der Waals surface area contributed by atoms with Crippen LogP contribution in [0.1, 0.15) is 265 Å². The monoisotopic (exact) mass is 1060 g/mol. The first kappa shape index (κ1) is 72.3. The number of allylic oxidation sites excluding steroid dienone is 24. The van der Waals surface area contributed by atoms with Gasteiger partial charge in [0.25, 0.3) is 0 Å². The second kappa shape index (κ2) is 63.8. The molecule has 0 aliphatic heterocycles. The second-order valence-corrected chi connectivity index (χ2v) is 20.2. The lowest BCUT2D eigenvalue weighted by Gasteiger charge is -2.18. The molecule has 0 aromatic rings. The number of esters is 3. The zero-order chi connectivity index (χ0) is 55.7. The van der Waals surface area contributed by atoms with E-state index in [1.54, 1.807) is 0 Å². The van der Waals surface area contributed by atoms with E-state index in [4.69, 9.17) is 14.2 Å². The molecule has 1 unspecified atom stereocenters. The van der Waals surface area contributed by atoms with Crippen LogP contribution in [0.15, 0.2) is 146 Å². The Balaban J connectivity index is 4.14. The largest absolute Gasteiger partial charge is 0.462 e. The fraction of sp³-hybridized carbons (Fsp3) is 0.620. The van der Waals surface area contributed by atoms with Crippen molar-refractivity contribution in [3.05, 3.63) is 146 Å². The number of hydrogen-bond acceptors (Lipinski definition) is 6. The maximum absolute atomic E-state index is 12.8. The van der Waals surface area contributed by atoms with Crippen LogP contribution < -0.4 is 0 Å². The van der Waals surface area contributed by atoms with Crippen molar-refractivity contribution in [1.29, 1.82) is 0 Å². The molecular formula is C71H114O6. The lowest BCUT2D eigenvalue weighted by molar-refractivity contribution is -0.167. The Morgan fingerprint density at radius 2 is 0.506 bits per heavy atom. The molecule has 0 fully saturated rings. The van der Waals surface area contributed by atoms with Gasteiger partial charge in [-0.1, -0.05) is 263 Å². The molecule has 0 amide bonds. The summed E-state index contributed by atoms with van der Waals surface area (Å²) in [6, 6.07) is 0. The van der Waals surface area contributed by atoms with E-state index in [-0.39, 0.29) is 31.1 Å². The topological polar surface area (TPSA) is 78.9 Å². The van der Waals surface area contributed by atoms with Crippen LogP contribution in [0.25, 0.3) is 0 Å². The summed E-state index contributed by atoms with van der Waals surface area (Å²) < 4.78 is 16.7. The predicted octanol–water partition coefficient (Wildman–Crippen LogP) is 21.5. The van der Waals surface area contributed by atoms with Crippen LogP contribution >= 0.6 is 0 Å². The van der Waals surface area contributed by atoms with E-state index in [1.807, 2.05) is 0 Å². The summed E-state index contributed by atoms with van der Waals surface area (Å²) >= 11 is 0. The number of ether oxygens (including phenoxy) is 3. The Hall–Kier alpha value is -4.71. The molecule has 0 bridgehead atoms. The number of carbonyl (C=O) groups excluding carboxylic acids is 3. The number of unbranched alkanes of at least 4 members (excludes halogenated alkanes) is 20. The van der Waals surface area contributed by atoms with Crippen LogP contribution in [0.4, 0.5) is 0 Å². The Morgan fingerprint density at radius 3 is 0.818 bits per heavy atom. The highest BCUT2D eigenvalue weighted by Crippen LogP contribution is 2.14. The number of hydrogen-bond donors (Lipinski definition) is 0. The van der Waals surface area contributed by atoms with Gasteiger partial charge in [0, 0.05) is 19.3 Å². The Labute approximate surface area is 474 Å². The molecule has 434 valence electrons. The van der Waals surface area contributed by atoms with Crippen LogP contribution in [0.2, 0.25) is 0 Å². The van der Waals surface area contributed by atoms with E-state index in [1.165, 1.54) is 70.6 Å². The van der Waals surface area contributed by atoms with E-state index >= 15 is 0 Å². The van der Waals surface area contributed by atoms with Gasteiger partial charge >= 0.3 is 17.9 Å². The summed E-state index contributed by atoms with van der Waals surface area (Å²) in [5, 5.41) is 0. The van der Waals surface area contributed by atoms with Gasteiger partial charge in [-0.25, -0.2) is 0 Å². The van der Waals surface area contributed by atoms with E-state index < -0.39 is 6.10 Å². The number of rotatable bonds is 55. The van der Waals surface area contributed by atoms with Gasteiger partial charge in [0.2, 0.25) is 0 Å². The first-order valence-corrected chi connectivity index (χ1v) is 31.3. The zero-order valence-electron chi connectivity index (χ0n) is 49.7. The first-order valence-electron chi connectivity index (χ1n) is 31.3. The molecule has 0 aliphatic rings. The van der Waals surface area contributed by atoms with Gasteiger partial charge in [0.15, 0.2) is 6.10 Å². The van der Waals surface area contributed by atoms with Gasteiger partial charge < -0.3 is 14.2 Å². The van der Waals surface area contributed by atoms with E-state index in [0.717, 1.165) is 154 Å². The summed E-state index contributed by atoms with van der Waals surface area (Å²) in [6.07, 6.45) is 91.8. The fourth-order valence-electron chi connectivity index (χ4n) is 8.15. The third kappa shape index (κ3) is 62.0. The molecule has 0 saturated heterocycles. The Bertz CT molecular complexity index is 1700.